The van der Waals surface area contributed by atoms with E-state index in [1.54, 1.807) is 71.8 Å². The van der Waals surface area contributed by atoms with Gasteiger partial charge in [0, 0.05) is 25.2 Å². The smallest absolute Gasteiger partial charge is 0.187 e. The predicted octanol–water partition coefficient (Wildman–Crippen LogP) is 6.90. The average molecular weight is 1040 g/mol. The zero-order valence-corrected chi connectivity index (χ0v) is 42.1. The number of aromatic nitrogens is 12. The highest BCUT2D eigenvalue weighted by Gasteiger charge is 2.32. The summed E-state index contributed by atoms with van der Waals surface area (Å²) in [5.41, 5.74) is 3.81. The summed E-state index contributed by atoms with van der Waals surface area (Å²) in [5, 5.41) is 15.3. The van der Waals surface area contributed by atoms with Crippen LogP contribution in [0.3, 0.4) is 0 Å². The van der Waals surface area contributed by atoms with Crippen LogP contribution < -0.4 is 18.9 Å². The second kappa shape index (κ2) is 23.6. The number of halogens is 2. The van der Waals surface area contributed by atoms with Crippen molar-refractivity contribution in [3.63, 3.8) is 0 Å². The minimum Gasteiger partial charge on any atom is -0.494 e. The molecular formula is C49H54F2N12O8S2. The molecular weight excluding hydrogens is 987 g/mol. The van der Waals surface area contributed by atoms with Gasteiger partial charge in [0.05, 0.1) is 63.7 Å². The second-order valence-electron chi connectivity index (χ2n) is 16.3. The molecule has 2 atom stereocenters. The largest absolute Gasteiger partial charge is 0.494 e. The van der Waals surface area contributed by atoms with Crippen molar-refractivity contribution in [3.8, 4) is 57.4 Å². The van der Waals surface area contributed by atoms with Gasteiger partial charge in [-0.15, -0.1) is 20.4 Å². The molecule has 8 rings (SSSR count). The van der Waals surface area contributed by atoms with E-state index >= 15 is 0 Å². The van der Waals surface area contributed by atoms with Gasteiger partial charge >= 0.3 is 0 Å². The summed E-state index contributed by atoms with van der Waals surface area (Å²) in [4.78, 5) is 24.3. The topological polar surface area (TPSA) is 244 Å². The molecule has 384 valence electrons. The molecule has 8 aromatic rings. The van der Waals surface area contributed by atoms with Crippen molar-refractivity contribution in [2.24, 2.45) is 0 Å². The molecule has 0 aliphatic rings. The first-order valence-corrected chi connectivity index (χ1v) is 25.4. The van der Waals surface area contributed by atoms with Crippen molar-refractivity contribution < 1.29 is 44.6 Å². The van der Waals surface area contributed by atoms with Gasteiger partial charge in [-0.2, -0.15) is 0 Å². The fraction of sp³-hybridized carbons (Fsp3) is 0.306. The number of methoxy groups -OCH3 is 4. The SMILES string of the molecule is C.COc1cccc(OC)c1-n1c(CS(=O)(=O)[C@@H](C)Cc2ncc(F)cn2)nnc1-c1cc(C)ccn1.COc1cccc(OC)c1-n1c(CS(=O)(=O)[C@H](C)Cc2ncc(F)cn2)nnc1-c1cc(C)ccn1. The lowest BCUT2D eigenvalue weighted by Crippen LogP contribution is -2.24. The number of hydrogen-bond acceptors (Lipinski definition) is 18. The molecule has 0 aliphatic heterocycles. The number of sulfone groups is 2. The van der Waals surface area contributed by atoms with Gasteiger partial charge in [0.15, 0.2) is 54.6 Å². The highest BCUT2D eigenvalue weighted by molar-refractivity contribution is 7.91. The fourth-order valence-electron chi connectivity index (χ4n) is 7.34. The first-order valence-electron chi connectivity index (χ1n) is 22.0. The van der Waals surface area contributed by atoms with Gasteiger partial charge < -0.3 is 18.9 Å². The second-order valence-corrected chi connectivity index (χ2v) is 21.1. The van der Waals surface area contributed by atoms with Gasteiger partial charge in [0.1, 0.15) is 68.9 Å². The Morgan fingerprint density at radius 2 is 0.849 bits per heavy atom. The maximum atomic E-state index is 13.4. The molecule has 0 saturated carbocycles. The number of rotatable bonds is 18. The van der Waals surface area contributed by atoms with Crippen LogP contribution in [-0.4, -0.2) is 115 Å². The Bertz CT molecular complexity index is 3130. The number of nitrogens with zero attached hydrogens (tertiary/aromatic N) is 12. The van der Waals surface area contributed by atoms with Crippen LogP contribution >= 0.6 is 0 Å². The molecule has 0 spiro atoms. The van der Waals surface area contributed by atoms with Gasteiger partial charge in [0.2, 0.25) is 0 Å². The van der Waals surface area contributed by atoms with E-state index in [9.17, 15) is 25.6 Å². The molecule has 0 radical (unpaired) electrons. The third-order valence-corrected chi connectivity index (χ3v) is 15.3. The number of para-hydroxylation sites is 2. The van der Waals surface area contributed by atoms with E-state index in [-0.39, 0.29) is 43.6 Å². The van der Waals surface area contributed by atoms with Crippen molar-refractivity contribution in [2.75, 3.05) is 28.4 Å². The van der Waals surface area contributed by atoms with Gasteiger partial charge in [-0.05, 0) is 87.4 Å². The van der Waals surface area contributed by atoms with Crippen LogP contribution in [0.15, 0.2) is 97.8 Å². The van der Waals surface area contributed by atoms with E-state index in [1.165, 1.54) is 28.4 Å². The Balaban J connectivity index is 0.000000235. The molecule has 0 unspecified atom stereocenters. The molecule has 0 saturated heterocycles. The van der Waals surface area contributed by atoms with E-state index in [0.717, 1.165) is 35.9 Å². The minimum absolute atomic E-state index is 0. The number of pyridine rings is 2. The Hall–Kier alpha value is -7.86. The molecule has 0 amide bonds. The molecule has 73 heavy (non-hydrogen) atoms. The van der Waals surface area contributed by atoms with Gasteiger partial charge in [0.25, 0.3) is 0 Å². The monoisotopic (exact) mass is 1040 g/mol. The third-order valence-electron chi connectivity index (χ3n) is 11.2. The maximum absolute atomic E-state index is 13.4. The lowest BCUT2D eigenvalue weighted by molar-refractivity contribution is 0.390. The van der Waals surface area contributed by atoms with Crippen LogP contribution in [0, 0.1) is 25.5 Å². The lowest BCUT2D eigenvalue weighted by atomic mass is 10.2. The third kappa shape index (κ3) is 12.6. The van der Waals surface area contributed by atoms with E-state index in [2.05, 4.69) is 50.3 Å². The Morgan fingerprint density at radius 3 is 1.15 bits per heavy atom. The molecule has 2 aromatic carbocycles. The van der Waals surface area contributed by atoms with Crippen molar-refractivity contribution in [2.45, 2.75) is 70.0 Å². The van der Waals surface area contributed by atoms with Gasteiger partial charge in [-0.1, -0.05) is 19.6 Å². The highest BCUT2D eigenvalue weighted by Crippen LogP contribution is 2.38. The quantitative estimate of drug-likeness (QED) is 0.0848. The maximum Gasteiger partial charge on any atom is 0.187 e. The van der Waals surface area contributed by atoms with Crippen LogP contribution in [0.1, 0.15) is 55.7 Å². The Morgan fingerprint density at radius 1 is 0.521 bits per heavy atom. The van der Waals surface area contributed by atoms with E-state index in [0.29, 0.717) is 57.4 Å². The summed E-state index contributed by atoms with van der Waals surface area (Å²) in [6.45, 7) is 6.94. The summed E-state index contributed by atoms with van der Waals surface area (Å²) in [6.07, 6.45) is 7.35. The molecule has 24 heteroatoms. The Kier molecular flexibility index (Phi) is 17.6. The van der Waals surface area contributed by atoms with Crippen LogP contribution in [0.5, 0.6) is 23.0 Å². The minimum atomic E-state index is -3.77. The number of hydrogen-bond donors (Lipinski definition) is 0. The van der Waals surface area contributed by atoms with E-state index in [1.807, 2.05) is 38.1 Å². The number of benzene rings is 2. The summed E-state index contributed by atoms with van der Waals surface area (Å²) in [7, 11) is -1.50. The van der Waals surface area contributed by atoms with E-state index in [4.69, 9.17) is 18.9 Å². The number of aryl methyl sites for hydroxylation is 2. The lowest BCUT2D eigenvalue weighted by Gasteiger charge is -2.18. The van der Waals surface area contributed by atoms with Crippen molar-refractivity contribution in [1.29, 1.82) is 0 Å². The molecule has 0 fully saturated rings. The highest BCUT2D eigenvalue weighted by atomic mass is 32.2. The van der Waals surface area contributed by atoms with Crippen molar-refractivity contribution in [1.82, 2.24) is 59.4 Å². The molecule has 0 aliphatic carbocycles. The van der Waals surface area contributed by atoms with Gasteiger partial charge in [-0.25, -0.2) is 45.6 Å². The number of ether oxygens (including phenoxy) is 4. The first kappa shape index (κ1) is 54.5. The molecule has 6 aromatic heterocycles. The van der Waals surface area contributed by atoms with Crippen molar-refractivity contribution in [3.05, 3.63) is 144 Å². The van der Waals surface area contributed by atoms with Crippen molar-refractivity contribution >= 4 is 19.7 Å². The summed E-state index contributed by atoms with van der Waals surface area (Å²) < 4.78 is 105. The summed E-state index contributed by atoms with van der Waals surface area (Å²) in [6, 6.07) is 17.8. The normalized spacial score (nSPS) is 12.2. The fourth-order valence-corrected chi connectivity index (χ4v) is 9.81. The first-order chi connectivity index (χ1) is 34.5. The molecule has 0 N–H and O–H groups in total. The average Bonchev–Trinajstić information content (AvgIpc) is 3.97. The standard InChI is InChI=1S/2C24H25FN6O4S.CH4/c2*1-15-8-9-26-18(10-15)24-30-29-22(31(24)23-19(34-3)6-5-7-20(23)35-4)14-36(32,33)16(2)11-21-27-12-17(25)13-28-21;/h2*5-10,12-13,16H,11,14H2,1-4H3;1H4/t2*16-;/m10./s1. The van der Waals surface area contributed by atoms with Crippen LogP contribution in [-0.2, 0) is 44.0 Å². The van der Waals surface area contributed by atoms with Crippen LogP contribution in [0.25, 0.3) is 34.4 Å². The zero-order valence-electron chi connectivity index (χ0n) is 40.4. The van der Waals surface area contributed by atoms with Crippen LogP contribution in [0.4, 0.5) is 8.78 Å². The van der Waals surface area contributed by atoms with Gasteiger partial charge in [-0.3, -0.25) is 19.1 Å². The summed E-state index contributed by atoms with van der Waals surface area (Å²) >= 11 is 0. The molecule has 0 bridgehead atoms. The zero-order chi connectivity index (χ0) is 51.7. The predicted molar refractivity (Wildman–Crippen MR) is 267 cm³/mol. The van der Waals surface area contributed by atoms with Crippen LogP contribution in [0.2, 0.25) is 0 Å². The Labute approximate surface area is 421 Å². The molecule has 6 heterocycles. The summed E-state index contributed by atoms with van der Waals surface area (Å²) in [5.74, 6) is 1.14. The molecule has 20 nitrogen and oxygen atoms in total. The van der Waals surface area contributed by atoms with E-state index < -0.39 is 53.3 Å².